The van der Waals surface area contributed by atoms with Gasteiger partial charge in [-0.15, -0.1) is 0 Å². The van der Waals surface area contributed by atoms with Crippen molar-refractivity contribution in [1.82, 2.24) is 24.8 Å². The van der Waals surface area contributed by atoms with E-state index in [0.717, 1.165) is 12.0 Å². The molecule has 3 aliphatic carbocycles. The van der Waals surface area contributed by atoms with Crippen molar-refractivity contribution in [1.29, 1.82) is 0 Å². The van der Waals surface area contributed by atoms with Crippen molar-refractivity contribution < 1.29 is 15.0 Å². The summed E-state index contributed by atoms with van der Waals surface area (Å²) in [6.45, 7) is 2.10. The first-order valence-corrected chi connectivity index (χ1v) is 13.6. The molecule has 2 aromatic heterocycles. The maximum Gasteiger partial charge on any atom is 0.229 e. The molecule has 2 aromatic carbocycles. The number of imidazole rings is 1. The van der Waals surface area contributed by atoms with E-state index in [2.05, 4.69) is 58.6 Å². The summed E-state index contributed by atoms with van der Waals surface area (Å²) in [6.07, 6.45) is 0.797. The number of aliphatic hydroxyl groups is 2. The number of carbonyl (C=O) groups is 1. The minimum atomic E-state index is -1.17. The van der Waals surface area contributed by atoms with E-state index < -0.39 is 23.7 Å². The number of benzene rings is 2. The number of nitrogens with one attached hydrogen (secondary N) is 2. The van der Waals surface area contributed by atoms with Crippen LogP contribution in [0, 0.1) is 30.1 Å². The number of nitrogens with zero attached hydrogens (tertiary/aromatic N) is 4. The monoisotopic (exact) mass is 534 g/mol. The quantitative estimate of drug-likeness (QED) is 0.290. The van der Waals surface area contributed by atoms with Gasteiger partial charge in [-0.1, -0.05) is 53.9 Å². The van der Waals surface area contributed by atoms with Crippen LogP contribution in [0.15, 0.2) is 60.9 Å². The van der Waals surface area contributed by atoms with Crippen molar-refractivity contribution in [2.75, 3.05) is 12.4 Å². The Morgan fingerprint density at radius 1 is 1.10 bits per heavy atom. The fourth-order valence-corrected chi connectivity index (χ4v) is 6.53. The molecular weight excluding hydrogens is 504 g/mol. The molecule has 3 aliphatic rings. The first-order chi connectivity index (χ1) is 19.4. The van der Waals surface area contributed by atoms with Gasteiger partial charge in [0.05, 0.1) is 23.9 Å². The van der Waals surface area contributed by atoms with Crippen LogP contribution < -0.4 is 10.6 Å². The lowest BCUT2D eigenvalue weighted by Gasteiger charge is -2.23. The minimum Gasteiger partial charge on any atom is -0.389 e. The van der Waals surface area contributed by atoms with Crippen molar-refractivity contribution in [3.8, 4) is 11.8 Å². The highest BCUT2D eigenvalue weighted by Crippen LogP contribution is 2.67. The van der Waals surface area contributed by atoms with Gasteiger partial charge in [0.2, 0.25) is 11.7 Å². The van der Waals surface area contributed by atoms with Gasteiger partial charge in [0.25, 0.3) is 0 Å². The Hall–Kier alpha value is -4.26. The predicted molar refractivity (Wildman–Crippen MR) is 149 cm³/mol. The van der Waals surface area contributed by atoms with E-state index in [4.69, 9.17) is 9.97 Å². The van der Waals surface area contributed by atoms with Crippen LogP contribution in [0.3, 0.4) is 0 Å². The third-order valence-corrected chi connectivity index (χ3v) is 8.74. The van der Waals surface area contributed by atoms with E-state index in [1.54, 1.807) is 17.9 Å². The van der Waals surface area contributed by atoms with Crippen molar-refractivity contribution in [2.45, 2.75) is 50.0 Å². The van der Waals surface area contributed by atoms with Crippen molar-refractivity contribution in [3.63, 3.8) is 0 Å². The molecule has 1 amide bonds. The van der Waals surface area contributed by atoms with Crippen LogP contribution in [0.2, 0.25) is 0 Å². The van der Waals surface area contributed by atoms with Gasteiger partial charge in [0.15, 0.2) is 17.0 Å². The molecule has 202 valence electrons. The molecular formula is C31H30N6O3. The first-order valence-electron chi connectivity index (χ1n) is 13.6. The van der Waals surface area contributed by atoms with Crippen LogP contribution in [0.5, 0.6) is 0 Å². The standard InChI is InChI=1S/C31H30N6O3/c1-17-7-6-10-19(13-17)20-14-22(20)34-28-24-29(36-23(35-28)12-11-18-8-4-3-5-9-18)37(16-33-24)25-21-15-31(21,30(40)32-2)27(39)26(25)38/h3-10,13,16,20-22,25-27,38-39H,14-15H2,1-2H3,(H,32,40)(H,34,35,36)/t20?,21?,22?,25-,26+,27?,31-/m1/s1. The van der Waals surface area contributed by atoms with Gasteiger partial charge < -0.3 is 25.4 Å². The normalized spacial score (nSPS) is 29.8. The summed E-state index contributed by atoms with van der Waals surface area (Å²) in [4.78, 5) is 26.8. The molecule has 4 aromatic rings. The Morgan fingerprint density at radius 2 is 1.93 bits per heavy atom. The van der Waals surface area contributed by atoms with Crippen LogP contribution in [-0.2, 0) is 4.79 Å². The average molecular weight is 535 g/mol. The lowest BCUT2D eigenvalue weighted by Crippen LogP contribution is -2.41. The van der Waals surface area contributed by atoms with Crippen LogP contribution in [0.25, 0.3) is 11.2 Å². The number of aryl methyl sites for hydroxylation is 1. The molecule has 2 heterocycles. The van der Waals surface area contributed by atoms with Crippen molar-refractivity contribution >= 4 is 22.9 Å². The molecule has 9 nitrogen and oxygen atoms in total. The van der Waals surface area contributed by atoms with E-state index >= 15 is 0 Å². The highest BCUT2D eigenvalue weighted by atomic mass is 16.3. The largest absolute Gasteiger partial charge is 0.389 e. The summed E-state index contributed by atoms with van der Waals surface area (Å²) in [7, 11) is 1.55. The second kappa shape index (κ2) is 9.15. The lowest BCUT2D eigenvalue weighted by molar-refractivity contribution is -0.132. The van der Waals surface area contributed by atoms with Gasteiger partial charge in [-0.05, 0) is 43.4 Å². The van der Waals surface area contributed by atoms with Gasteiger partial charge in [-0.25, -0.2) is 15.0 Å². The predicted octanol–water partition coefficient (Wildman–Crippen LogP) is 2.53. The van der Waals surface area contributed by atoms with Crippen LogP contribution >= 0.6 is 0 Å². The Labute approximate surface area is 231 Å². The summed E-state index contributed by atoms with van der Waals surface area (Å²) in [6, 6.07) is 17.8. The fourth-order valence-electron chi connectivity index (χ4n) is 6.53. The Kier molecular flexibility index (Phi) is 5.66. The first kappa shape index (κ1) is 24.8. The molecule has 40 heavy (non-hydrogen) atoms. The summed E-state index contributed by atoms with van der Waals surface area (Å²) >= 11 is 0. The molecule has 4 unspecified atom stereocenters. The maximum absolute atomic E-state index is 12.7. The molecule has 3 saturated carbocycles. The number of aliphatic hydroxyl groups excluding tert-OH is 2. The van der Waals surface area contributed by atoms with Gasteiger partial charge >= 0.3 is 0 Å². The van der Waals surface area contributed by atoms with Crippen LogP contribution in [0.4, 0.5) is 5.82 Å². The van der Waals surface area contributed by atoms with Crippen LogP contribution in [-0.4, -0.2) is 60.9 Å². The number of fused-ring (bicyclic) bond motifs is 2. The smallest absolute Gasteiger partial charge is 0.229 e. The molecule has 0 saturated heterocycles. The second-order valence-corrected chi connectivity index (χ2v) is 11.2. The van der Waals surface area contributed by atoms with Gasteiger partial charge in [0, 0.05) is 30.5 Å². The van der Waals surface area contributed by atoms with Crippen molar-refractivity contribution in [3.05, 3.63) is 83.4 Å². The number of hydrogen-bond acceptors (Lipinski definition) is 7. The highest BCUT2D eigenvalue weighted by molar-refractivity contribution is 5.88. The topological polar surface area (TPSA) is 125 Å². The maximum atomic E-state index is 12.7. The zero-order chi connectivity index (χ0) is 27.6. The van der Waals surface area contributed by atoms with E-state index in [0.29, 0.717) is 35.1 Å². The molecule has 3 fully saturated rings. The summed E-state index contributed by atoms with van der Waals surface area (Å²) in [5, 5.41) is 28.2. The Morgan fingerprint density at radius 3 is 2.70 bits per heavy atom. The zero-order valence-corrected chi connectivity index (χ0v) is 22.2. The van der Waals surface area contributed by atoms with E-state index in [-0.39, 0.29) is 17.9 Å². The van der Waals surface area contributed by atoms with Gasteiger partial charge in [-0.3, -0.25) is 4.79 Å². The number of aromatic nitrogens is 4. The molecule has 0 radical (unpaired) electrons. The number of anilines is 1. The van der Waals surface area contributed by atoms with E-state index in [1.165, 1.54) is 11.1 Å². The fraction of sp³-hybridized carbons (Fsp3) is 0.355. The van der Waals surface area contributed by atoms with E-state index in [1.807, 2.05) is 30.3 Å². The molecule has 7 rings (SSSR count). The van der Waals surface area contributed by atoms with Crippen molar-refractivity contribution in [2.24, 2.45) is 11.3 Å². The van der Waals surface area contributed by atoms with Gasteiger partial charge in [0.1, 0.15) is 6.10 Å². The number of carbonyl (C=O) groups excluding carboxylic acids is 1. The highest BCUT2D eigenvalue weighted by Gasteiger charge is 2.75. The number of hydrogen-bond donors (Lipinski definition) is 4. The summed E-state index contributed by atoms with van der Waals surface area (Å²) in [5.74, 6) is 7.03. The molecule has 0 bridgehead atoms. The second-order valence-electron chi connectivity index (χ2n) is 11.2. The number of amides is 1. The Bertz CT molecular complexity index is 1690. The molecule has 9 heteroatoms. The number of rotatable bonds is 5. The molecule has 0 aliphatic heterocycles. The SMILES string of the molecule is CNC(=O)[C@]12CC1[C@@H](n1cnc3c(NC4CC4c4cccc(C)c4)nc(C#Cc4ccccc4)nc31)[C@H](O)C2O. The molecule has 7 atom stereocenters. The van der Waals surface area contributed by atoms with Crippen LogP contribution in [0.1, 0.15) is 47.3 Å². The van der Waals surface area contributed by atoms with E-state index in [9.17, 15) is 15.0 Å². The minimum absolute atomic E-state index is 0.197. The third-order valence-electron chi connectivity index (χ3n) is 8.74. The summed E-state index contributed by atoms with van der Waals surface area (Å²) < 4.78 is 1.79. The Balaban J connectivity index is 1.27. The zero-order valence-electron chi connectivity index (χ0n) is 22.2. The average Bonchev–Trinajstić information content (AvgIpc) is 3.85. The molecule has 0 spiro atoms. The van der Waals surface area contributed by atoms with Gasteiger partial charge in [-0.2, -0.15) is 0 Å². The lowest BCUT2D eigenvalue weighted by atomic mass is 9.98. The molecule has 4 N–H and O–H groups in total. The third kappa shape index (κ3) is 3.86. The summed E-state index contributed by atoms with van der Waals surface area (Å²) in [5.41, 5.74) is 3.46.